The second kappa shape index (κ2) is 7.75. The van der Waals surface area contributed by atoms with Crippen molar-refractivity contribution < 1.29 is 19.8 Å². The first-order chi connectivity index (χ1) is 9.02. The molecule has 0 fully saturated rings. The molecule has 7 heteroatoms. The number of carbonyl (C=O) groups excluding carboxylic acids is 1. The van der Waals surface area contributed by atoms with Crippen molar-refractivity contribution in [3.05, 3.63) is 22.4 Å². The van der Waals surface area contributed by atoms with E-state index in [9.17, 15) is 9.59 Å². The lowest BCUT2D eigenvalue weighted by Gasteiger charge is -2.17. The first-order valence-electron chi connectivity index (χ1n) is 5.94. The highest BCUT2D eigenvalue weighted by molar-refractivity contribution is 7.07. The summed E-state index contributed by atoms with van der Waals surface area (Å²) in [6.45, 7) is 1.56. The molecule has 0 bridgehead atoms. The van der Waals surface area contributed by atoms with Crippen LogP contribution in [0.2, 0.25) is 0 Å². The second-order valence-electron chi connectivity index (χ2n) is 4.26. The molecule has 1 aromatic heterocycles. The fourth-order valence-electron chi connectivity index (χ4n) is 1.62. The number of carboxylic acid groups (broad SMARTS) is 1. The standard InChI is InChI=1S/C12H18N2O4S/c1-8(6-9-3-5-19-7-9)13-12(18)14-10(2-4-15)11(16)17/h3,5,7-8,10,15H,2,4,6H2,1H3,(H,16,17)(H2,13,14,18)/t8?,10-/m0/s1. The number of urea groups is 1. The van der Waals surface area contributed by atoms with E-state index < -0.39 is 18.0 Å². The van der Waals surface area contributed by atoms with Gasteiger partial charge in [0.25, 0.3) is 0 Å². The van der Waals surface area contributed by atoms with E-state index in [1.54, 1.807) is 11.3 Å². The van der Waals surface area contributed by atoms with E-state index in [2.05, 4.69) is 10.6 Å². The monoisotopic (exact) mass is 286 g/mol. The number of thiophene rings is 1. The van der Waals surface area contributed by atoms with Crippen molar-refractivity contribution in [3.63, 3.8) is 0 Å². The molecule has 0 aliphatic rings. The molecule has 0 aliphatic heterocycles. The zero-order chi connectivity index (χ0) is 14.3. The van der Waals surface area contributed by atoms with Gasteiger partial charge in [-0.15, -0.1) is 0 Å². The van der Waals surface area contributed by atoms with E-state index in [4.69, 9.17) is 10.2 Å². The number of amides is 2. The van der Waals surface area contributed by atoms with Crippen molar-refractivity contribution >= 4 is 23.3 Å². The van der Waals surface area contributed by atoms with Gasteiger partial charge in [0.05, 0.1) is 0 Å². The van der Waals surface area contributed by atoms with Crippen LogP contribution in [0.15, 0.2) is 16.8 Å². The largest absolute Gasteiger partial charge is 0.480 e. The first kappa shape index (κ1) is 15.5. The highest BCUT2D eigenvalue weighted by Gasteiger charge is 2.19. The number of carboxylic acids is 1. The highest BCUT2D eigenvalue weighted by atomic mass is 32.1. The predicted molar refractivity (Wildman–Crippen MR) is 72.3 cm³/mol. The van der Waals surface area contributed by atoms with Crippen LogP contribution in [0.1, 0.15) is 18.9 Å². The minimum absolute atomic E-state index is 0.0122. The van der Waals surface area contributed by atoms with E-state index in [0.717, 1.165) is 5.56 Å². The highest BCUT2D eigenvalue weighted by Crippen LogP contribution is 2.08. The van der Waals surface area contributed by atoms with Crippen LogP contribution < -0.4 is 10.6 Å². The molecular formula is C12H18N2O4S. The van der Waals surface area contributed by atoms with Gasteiger partial charge < -0.3 is 20.8 Å². The van der Waals surface area contributed by atoms with Crippen molar-refractivity contribution in [3.8, 4) is 0 Å². The number of hydrogen-bond donors (Lipinski definition) is 4. The van der Waals surface area contributed by atoms with Crippen molar-refractivity contribution in [1.82, 2.24) is 10.6 Å². The summed E-state index contributed by atoms with van der Waals surface area (Å²) < 4.78 is 0. The Labute approximate surface area is 115 Å². The van der Waals surface area contributed by atoms with Crippen LogP contribution in [-0.2, 0) is 11.2 Å². The van der Waals surface area contributed by atoms with Crippen LogP contribution in [0, 0.1) is 0 Å². The van der Waals surface area contributed by atoms with Gasteiger partial charge in [0, 0.05) is 19.1 Å². The van der Waals surface area contributed by atoms with Gasteiger partial charge >= 0.3 is 12.0 Å². The van der Waals surface area contributed by atoms with Gasteiger partial charge in [0.15, 0.2) is 0 Å². The van der Waals surface area contributed by atoms with Crippen molar-refractivity contribution in [2.75, 3.05) is 6.61 Å². The van der Waals surface area contributed by atoms with E-state index in [-0.39, 0.29) is 19.1 Å². The molecule has 1 aromatic rings. The average molecular weight is 286 g/mol. The average Bonchev–Trinajstić information content (AvgIpc) is 2.80. The molecule has 2 atom stereocenters. The number of hydrogen-bond acceptors (Lipinski definition) is 4. The van der Waals surface area contributed by atoms with Crippen molar-refractivity contribution in [1.29, 1.82) is 0 Å². The molecule has 0 radical (unpaired) electrons. The summed E-state index contributed by atoms with van der Waals surface area (Å²) in [6, 6.07) is 0.270. The lowest BCUT2D eigenvalue weighted by molar-refractivity contribution is -0.139. The van der Waals surface area contributed by atoms with Gasteiger partial charge in [0.1, 0.15) is 6.04 Å². The van der Waals surface area contributed by atoms with Crippen LogP contribution in [0.5, 0.6) is 0 Å². The van der Waals surface area contributed by atoms with Crippen LogP contribution in [0.25, 0.3) is 0 Å². The Bertz CT molecular complexity index is 408. The maximum atomic E-state index is 11.6. The summed E-state index contributed by atoms with van der Waals surface area (Å²) >= 11 is 1.59. The quantitative estimate of drug-likeness (QED) is 0.596. The summed E-state index contributed by atoms with van der Waals surface area (Å²) in [6.07, 6.45) is 0.677. The Morgan fingerprint density at radius 3 is 2.68 bits per heavy atom. The van der Waals surface area contributed by atoms with E-state index >= 15 is 0 Å². The Hall–Kier alpha value is -1.60. The summed E-state index contributed by atoms with van der Waals surface area (Å²) in [5.74, 6) is -1.16. The minimum atomic E-state index is -1.16. The molecule has 2 amide bonds. The lowest BCUT2D eigenvalue weighted by atomic mass is 10.1. The third-order valence-corrected chi connectivity index (χ3v) is 3.25. The third kappa shape index (κ3) is 5.71. The predicted octanol–water partition coefficient (Wildman–Crippen LogP) is 0.814. The third-order valence-electron chi connectivity index (χ3n) is 2.52. The first-order valence-corrected chi connectivity index (χ1v) is 6.89. The van der Waals surface area contributed by atoms with Crippen LogP contribution in [0.4, 0.5) is 4.79 Å². The summed E-state index contributed by atoms with van der Waals surface area (Å²) in [7, 11) is 0. The van der Waals surface area contributed by atoms with Gasteiger partial charge in [-0.3, -0.25) is 0 Å². The SMILES string of the molecule is CC(Cc1ccsc1)NC(=O)N[C@@H](CCO)C(=O)O. The van der Waals surface area contributed by atoms with Crippen molar-refractivity contribution in [2.45, 2.75) is 31.8 Å². The smallest absolute Gasteiger partial charge is 0.326 e. The van der Waals surface area contributed by atoms with Crippen LogP contribution in [0.3, 0.4) is 0 Å². The zero-order valence-corrected chi connectivity index (χ0v) is 11.4. The summed E-state index contributed by atoms with van der Waals surface area (Å²) in [5, 5.41) is 26.5. The fourth-order valence-corrected chi connectivity index (χ4v) is 2.31. The van der Waals surface area contributed by atoms with Gasteiger partial charge in [-0.05, 0) is 35.7 Å². The fraction of sp³-hybridized carbons (Fsp3) is 0.500. The van der Waals surface area contributed by atoms with Gasteiger partial charge in [-0.25, -0.2) is 9.59 Å². The molecule has 0 aliphatic carbocycles. The Balaban J connectivity index is 2.38. The molecule has 1 rings (SSSR count). The number of carbonyl (C=O) groups is 2. The van der Waals surface area contributed by atoms with Gasteiger partial charge in [0.2, 0.25) is 0 Å². The summed E-state index contributed by atoms with van der Waals surface area (Å²) in [4.78, 5) is 22.4. The van der Waals surface area contributed by atoms with E-state index in [1.807, 2.05) is 23.8 Å². The maximum Gasteiger partial charge on any atom is 0.326 e. The van der Waals surface area contributed by atoms with E-state index in [0.29, 0.717) is 6.42 Å². The molecule has 0 spiro atoms. The lowest BCUT2D eigenvalue weighted by Crippen LogP contribution is -2.49. The van der Waals surface area contributed by atoms with Crippen LogP contribution in [-0.4, -0.2) is 40.9 Å². The van der Waals surface area contributed by atoms with Crippen LogP contribution >= 0.6 is 11.3 Å². The molecule has 19 heavy (non-hydrogen) atoms. The normalized spacial score (nSPS) is 13.6. The van der Waals surface area contributed by atoms with E-state index in [1.165, 1.54) is 0 Å². The molecule has 0 saturated heterocycles. The Morgan fingerprint density at radius 1 is 1.42 bits per heavy atom. The Kier molecular flexibility index (Phi) is 6.31. The topological polar surface area (TPSA) is 98.7 Å². The van der Waals surface area contributed by atoms with Gasteiger partial charge in [-0.2, -0.15) is 11.3 Å². The molecule has 0 aromatic carbocycles. The molecule has 1 unspecified atom stereocenters. The molecule has 4 N–H and O–H groups in total. The minimum Gasteiger partial charge on any atom is -0.480 e. The molecule has 106 valence electrons. The zero-order valence-electron chi connectivity index (χ0n) is 10.6. The van der Waals surface area contributed by atoms with Crippen molar-refractivity contribution in [2.24, 2.45) is 0 Å². The number of aliphatic hydroxyl groups excluding tert-OH is 1. The molecular weight excluding hydrogens is 268 g/mol. The van der Waals surface area contributed by atoms with Gasteiger partial charge in [-0.1, -0.05) is 0 Å². The Morgan fingerprint density at radius 2 is 2.16 bits per heavy atom. The number of rotatable bonds is 7. The summed E-state index contributed by atoms with van der Waals surface area (Å²) in [5.41, 5.74) is 1.13. The number of aliphatic carboxylic acids is 1. The maximum absolute atomic E-state index is 11.6. The second-order valence-corrected chi connectivity index (χ2v) is 5.04. The number of nitrogens with one attached hydrogen (secondary N) is 2. The number of aliphatic hydroxyl groups is 1. The molecule has 0 saturated carbocycles. The molecule has 6 nitrogen and oxygen atoms in total. The molecule has 1 heterocycles.